The number of unbranched alkanes of at least 4 members (excludes halogenated alkanes) is 1. The summed E-state index contributed by atoms with van der Waals surface area (Å²) < 4.78 is 9.06. The van der Waals surface area contributed by atoms with Gasteiger partial charge in [-0.2, -0.15) is 0 Å². The van der Waals surface area contributed by atoms with E-state index < -0.39 is 24.1 Å². The number of H-pyrrole nitrogens is 1. The quantitative estimate of drug-likeness (QED) is 0.469. The second-order valence-corrected chi connectivity index (χ2v) is 5.24. The van der Waals surface area contributed by atoms with Gasteiger partial charge in [0.2, 0.25) is 0 Å². The van der Waals surface area contributed by atoms with Crippen molar-refractivity contribution in [3.8, 4) is 0 Å². The summed E-state index contributed by atoms with van der Waals surface area (Å²) in [5.74, 6) is -1.30. The number of para-hydroxylation sites is 2. The average molecular weight is 336 g/mol. The first kappa shape index (κ1) is 17.9. The number of carbonyl (C=O) groups excluding carboxylic acids is 2. The molecule has 2 rings (SSSR count). The Bertz CT molecular complexity index is 666. The van der Waals surface area contributed by atoms with E-state index in [0.29, 0.717) is 12.8 Å². The molecule has 8 nitrogen and oxygen atoms in total. The molecule has 0 saturated heterocycles. The maximum Gasteiger partial charge on any atom is 0.338 e. The Morgan fingerprint density at radius 2 is 1.88 bits per heavy atom. The van der Waals surface area contributed by atoms with Gasteiger partial charge in [-0.25, -0.2) is 14.6 Å². The molecule has 1 aromatic carbocycles. The highest BCUT2D eigenvalue weighted by Gasteiger charge is 2.32. The number of aliphatic hydroxyl groups is 2. The number of rotatable bonds is 8. The topological polar surface area (TPSA) is 122 Å². The summed E-state index contributed by atoms with van der Waals surface area (Å²) in [5, 5.41) is 18.8. The molecular weight excluding hydrogens is 316 g/mol. The minimum atomic E-state index is -1.95. The van der Waals surface area contributed by atoms with E-state index in [9.17, 15) is 19.8 Å². The molecule has 0 amide bonds. The van der Waals surface area contributed by atoms with Crippen molar-refractivity contribution in [2.45, 2.75) is 31.5 Å². The molecule has 2 aromatic rings. The Kier molecular flexibility index (Phi) is 6.28. The van der Waals surface area contributed by atoms with Crippen molar-refractivity contribution in [1.29, 1.82) is 0 Å². The van der Waals surface area contributed by atoms with Gasteiger partial charge >= 0.3 is 11.9 Å². The third-order valence-corrected chi connectivity index (χ3v) is 3.47. The fourth-order valence-electron chi connectivity index (χ4n) is 2.16. The van der Waals surface area contributed by atoms with E-state index in [1.807, 2.05) is 24.3 Å². The van der Waals surface area contributed by atoms with Crippen LogP contribution in [0.1, 0.15) is 18.7 Å². The fourth-order valence-corrected chi connectivity index (χ4v) is 2.16. The normalized spacial score (nSPS) is 13.5. The lowest BCUT2D eigenvalue weighted by molar-refractivity contribution is -0.171. The summed E-state index contributed by atoms with van der Waals surface area (Å²) in [6, 6.07) is 7.71. The second kappa shape index (κ2) is 8.42. The molecule has 130 valence electrons. The van der Waals surface area contributed by atoms with Gasteiger partial charge in [0.05, 0.1) is 24.8 Å². The Hall–Kier alpha value is -2.45. The Morgan fingerprint density at radius 3 is 2.58 bits per heavy atom. The fraction of sp³-hybridized carbons (Fsp3) is 0.438. The molecule has 0 radical (unpaired) electrons. The molecule has 0 saturated carbocycles. The maximum atomic E-state index is 11.5. The van der Waals surface area contributed by atoms with Gasteiger partial charge in [0.1, 0.15) is 5.82 Å². The van der Waals surface area contributed by atoms with Crippen molar-refractivity contribution in [2.75, 3.05) is 13.7 Å². The smallest absolute Gasteiger partial charge is 0.338 e. The van der Waals surface area contributed by atoms with E-state index in [2.05, 4.69) is 14.7 Å². The van der Waals surface area contributed by atoms with Crippen LogP contribution in [0.2, 0.25) is 0 Å². The first-order valence-electron chi connectivity index (χ1n) is 7.57. The first-order valence-corrected chi connectivity index (χ1v) is 7.57. The number of aromatic nitrogens is 2. The molecule has 0 aliphatic carbocycles. The van der Waals surface area contributed by atoms with Crippen LogP contribution in [0.25, 0.3) is 11.0 Å². The van der Waals surface area contributed by atoms with Crippen LogP contribution < -0.4 is 0 Å². The van der Waals surface area contributed by atoms with Gasteiger partial charge in [0, 0.05) is 6.42 Å². The molecule has 8 heteroatoms. The van der Waals surface area contributed by atoms with Crippen molar-refractivity contribution < 1.29 is 29.3 Å². The number of benzene rings is 1. The first-order chi connectivity index (χ1) is 11.5. The Labute approximate surface area is 138 Å². The summed E-state index contributed by atoms with van der Waals surface area (Å²) in [6.07, 6.45) is -1.92. The van der Waals surface area contributed by atoms with E-state index in [-0.39, 0.29) is 6.61 Å². The summed E-state index contributed by atoms with van der Waals surface area (Å²) in [6.45, 7) is 0.0734. The number of fused-ring (bicyclic) bond motifs is 1. The third-order valence-electron chi connectivity index (χ3n) is 3.47. The Balaban J connectivity index is 1.69. The van der Waals surface area contributed by atoms with Gasteiger partial charge in [-0.3, -0.25) is 0 Å². The van der Waals surface area contributed by atoms with E-state index in [1.165, 1.54) is 0 Å². The number of imidazole rings is 1. The molecule has 0 fully saturated rings. The summed E-state index contributed by atoms with van der Waals surface area (Å²) in [4.78, 5) is 30.2. The average Bonchev–Trinajstić information content (AvgIpc) is 3.01. The zero-order valence-corrected chi connectivity index (χ0v) is 13.3. The number of methoxy groups -OCH3 is 1. The van der Waals surface area contributed by atoms with Crippen LogP contribution in [-0.4, -0.2) is 58.0 Å². The molecule has 0 spiro atoms. The Morgan fingerprint density at radius 1 is 1.17 bits per heavy atom. The van der Waals surface area contributed by atoms with Crippen LogP contribution >= 0.6 is 0 Å². The number of hydrogen-bond donors (Lipinski definition) is 3. The van der Waals surface area contributed by atoms with E-state index in [0.717, 1.165) is 30.4 Å². The van der Waals surface area contributed by atoms with Crippen LogP contribution in [0.5, 0.6) is 0 Å². The molecule has 2 unspecified atom stereocenters. The number of nitrogens with zero attached hydrogens (tertiary/aromatic N) is 1. The molecule has 0 aliphatic heterocycles. The zero-order chi connectivity index (χ0) is 17.5. The second-order valence-electron chi connectivity index (χ2n) is 5.24. The summed E-state index contributed by atoms with van der Waals surface area (Å²) in [7, 11) is 1.04. The predicted molar refractivity (Wildman–Crippen MR) is 84.0 cm³/mol. The van der Waals surface area contributed by atoms with Gasteiger partial charge in [-0.05, 0) is 25.0 Å². The lowest BCUT2D eigenvalue weighted by atomic mass is 10.2. The number of esters is 2. The van der Waals surface area contributed by atoms with Crippen LogP contribution in [0, 0.1) is 0 Å². The van der Waals surface area contributed by atoms with Crippen molar-refractivity contribution in [2.24, 2.45) is 0 Å². The molecule has 2 atom stereocenters. The number of hydrogen-bond acceptors (Lipinski definition) is 7. The predicted octanol–water partition coefficient (Wildman–Crippen LogP) is 0.324. The molecular formula is C16H20N2O6. The number of aryl methyl sites for hydroxylation is 1. The lowest BCUT2D eigenvalue weighted by Crippen LogP contribution is -2.41. The van der Waals surface area contributed by atoms with Gasteiger partial charge in [0.15, 0.2) is 12.2 Å². The molecule has 1 aromatic heterocycles. The van der Waals surface area contributed by atoms with Gasteiger partial charge < -0.3 is 24.7 Å². The highest BCUT2D eigenvalue weighted by Crippen LogP contribution is 2.12. The van der Waals surface area contributed by atoms with Gasteiger partial charge in [-0.15, -0.1) is 0 Å². The largest absolute Gasteiger partial charge is 0.467 e. The van der Waals surface area contributed by atoms with Crippen molar-refractivity contribution in [3.63, 3.8) is 0 Å². The highest BCUT2D eigenvalue weighted by atomic mass is 16.6. The molecule has 0 aliphatic rings. The van der Waals surface area contributed by atoms with E-state index in [1.54, 1.807) is 0 Å². The monoisotopic (exact) mass is 336 g/mol. The summed E-state index contributed by atoms with van der Waals surface area (Å²) in [5.41, 5.74) is 1.87. The zero-order valence-electron chi connectivity index (χ0n) is 13.3. The highest BCUT2D eigenvalue weighted by molar-refractivity contribution is 5.85. The van der Waals surface area contributed by atoms with Crippen molar-refractivity contribution >= 4 is 23.0 Å². The third kappa shape index (κ3) is 4.53. The van der Waals surface area contributed by atoms with Crippen LogP contribution in [0.15, 0.2) is 24.3 Å². The summed E-state index contributed by atoms with van der Waals surface area (Å²) >= 11 is 0. The molecule has 24 heavy (non-hydrogen) atoms. The van der Waals surface area contributed by atoms with E-state index >= 15 is 0 Å². The number of carbonyl (C=O) groups is 2. The van der Waals surface area contributed by atoms with Crippen LogP contribution in [0.3, 0.4) is 0 Å². The maximum absolute atomic E-state index is 11.5. The molecule has 3 N–H and O–H groups in total. The number of aliphatic hydroxyl groups excluding tert-OH is 2. The van der Waals surface area contributed by atoms with Gasteiger partial charge in [0.25, 0.3) is 0 Å². The number of aromatic amines is 1. The SMILES string of the molecule is COC(=O)C(O)C(O)C(=O)OCCCCc1nc2ccccc2[nH]1. The van der Waals surface area contributed by atoms with E-state index in [4.69, 9.17) is 4.74 Å². The molecule has 1 heterocycles. The molecule has 0 bridgehead atoms. The number of nitrogens with one attached hydrogen (secondary N) is 1. The van der Waals surface area contributed by atoms with Crippen molar-refractivity contribution in [1.82, 2.24) is 9.97 Å². The minimum absolute atomic E-state index is 0.0734. The van der Waals surface area contributed by atoms with Crippen LogP contribution in [0.4, 0.5) is 0 Å². The van der Waals surface area contributed by atoms with Gasteiger partial charge in [-0.1, -0.05) is 12.1 Å². The standard InChI is InChI=1S/C16H20N2O6/c1-23-15(21)13(19)14(20)16(22)24-9-5-4-8-12-17-10-6-2-3-7-11(10)18-12/h2-3,6-7,13-14,19-20H,4-5,8-9H2,1H3,(H,17,18). The van der Waals surface area contributed by atoms with Crippen LogP contribution in [-0.2, 0) is 25.5 Å². The van der Waals surface area contributed by atoms with Crippen molar-refractivity contribution in [3.05, 3.63) is 30.1 Å². The lowest BCUT2D eigenvalue weighted by Gasteiger charge is -2.14. The minimum Gasteiger partial charge on any atom is -0.467 e. The number of ether oxygens (including phenoxy) is 2.